The van der Waals surface area contributed by atoms with Crippen molar-refractivity contribution in [3.63, 3.8) is 0 Å². The molecule has 0 fully saturated rings. The molecule has 0 saturated heterocycles. The molecule has 6 nitrogen and oxygen atoms in total. The largest absolute Gasteiger partial charge is 0.494 e. The van der Waals surface area contributed by atoms with Crippen molar-refractivity contribution in [3.8, 4) is 5.75 Å². The first-order valence-corrected chi connectivity index (χ1v) is 14.1. The first kappa shape index (κ1) is 28.1. The van der Waals surface area contributed by atoms with Crippen LogP contribution < -0.4 is 19.6 Å². The highest BCUT2D eigenvalue weighted by Crippen LogP contribution is 2.32. The molecule has 0 saturated carbocycles. The summed E-state index contributed by atoms with van der Waals surface area (Å²) in [5.74, 6) is 0.427. The van der Waals surface area contributed by atoms with Crippen LogP contribution in [-0.4, -0.2) is 23.8 Å². The van der Waals surface area contributed by atoms with Gasteiger partial charge in [0.05, 0.1) is 45.1 Å². The van der Waals surface area contributed by atoms with Crippen molar-refractivity contribution in [2.45, 2.75) is 46.6 Å². The fourth-order valence-electron chi connectivity index (χ4n) is 4.05. The van der Waals surface area contributed by atoms with E-state index in [1.54, 1.807) is 35.8 Å². The zero-order chi connectivity index (χ0) is 27.4. The highest BCUT2D eigenvalue weighted by atomic mass is 35.5. The molecular weight excluding hydrogens is 543 g/mol. The molecule has 4 rings (SSSR count). The van der Waals surface area contributed by atoms with Crippen LogP contribution in [0.4, 0.5) is 0 Å². The van der Waals surface area contributed by atoms with Gasteiger partial charge < -0.3 is 9.47 Å². The number of nitrogens with zero attached hydrogens (tertiary/aromatic N) is 2. The van der Waals surface area contributed by atoms with Crippen molar-refractivity contribution in [1.29, 1.82) is 0 Å². The predicted molar refractivity (Wildman–Crippen MR) is 153 cm³/mol. The lowest BCUT2D eigenvalue weighted by atomic mass is 9.96. The molecule has 1 aromatic heterocycles. The maximum atomic E-state index is 13.8. The monoisotopic (exact) mass is 572 g/mol. The number of aromatic nitrogens is 1. The molecular formula is C29H30Cl2N2O4S. The summed E-state index contributed by atoms with van der Waals surface area (Å²) in [6.07, 6.45) is 3.76. The molecule has 0 amide bonds. The van der Waals surface area contributed by atoms with E-state index in [2.05, 4.69) is 11.9 Å². The number of hydrogen-bond acceptors (Lipinski definition) is 6. The Balaban J connectivity index is 1.82. The molecule has 1 unspecified atom stereocenters. The van der Waals surface area contributed by atoms with Gasteiger partial charge in [-0.15, -0.1) is 0 Å². The van der Waals surface area contributed by atoms with Crippen molar-refractivity contribution >= 4 is 46.6 Å². The van der Waals surface area contributed by atoms with Crippen LogP contribution in [0, 0.1) is 5.92 Å². The first-order valence-electron chi connectivity index (χ1n) is 12.6. The number of allylic oxidation sites excluding steroid dienone is 1. The molecule has 200 valence electrons. The summed E-state index contributed by atoms with van der Waals surface area (Å²) in [5.41, 5.74) is 2.12. The molecule has 0 aliphatic carbocycles. The zero-order valence-electron chi connectivity index (χ0n) is 21.8. The minimum Gasteiger partial charge on any atom is -0.494 e. The number of ether oxygens (including phenoxy) is 2. The molecule has 3 aromatic rings. The van der Waals surface area contributed by atoms with Gasteiger partial charge in [0.15, 0.2) is 4.80 Å². The van der Waals surface area contributed by atoms with E-state index in [4.69, 9.17) is 32.7 Å². The van der Waals surface area contributed by atoms with Crippen LogP contribution in [0.1, 0.15) is 57.7 Å². The van der Waals surface area contributed by atoms with Gasteiger partial charge in [0.2, 0.25) is 0 Å². The van der Waals surface area contributed by atoms with Gasteiger partial charge in [-0.2, -0.15) is 0 Å². The van der Waals surface area contributed by atoms with Crippen LogP contribution in [0.5, 0.6) is 5.75 Å². The van der Waals surface area contributed by atoms with Crippen LogP contribution in [-0.2, 0) is 9.53 Å². The number of rotatable bonds is 9. The van der Waals surface area contributed by atoms with Crippen LogP contribution in [0.25, 0.3) is 6.08 Å². The topological polar surface area (TPSA) is 69.9 Å². The molecule has 0 bridgehead atoms. The maximum absolute atomic E-state index is 13.8. The highest BCUT2D eigenvalue weighted by molar-refractivity contribution is 7.07. The summed E-state index contributed by atoms with van der Waals surface area (Å²) in [5, 5.41) is 0.839. The SMILES string of the molecule is CCCCOc1ccc(C2C(C(=O)OCC(C)C)=C(C)N=c3sc(=Cc4ccc(Cl)c(Cl)c4)c(=O)n32)cc1. The number of benzene rings is 2. The van der Waals surface area contributed by atoms with Gasteiger partial charge in [0, 0.05) is 0 Å². The number of fused-ring (bicyclic) bond motifs is 1. The Morgan fingerprint density at radius 3 is 2.55 bits per heavy atom. The summed E-state index contributed by atoms with van der Waals surface area (Å²) in [7, 11) is 0. The molecule has 1 aliphatic heterocycles. The Morgan fingerprint density at radius 2 is 1.89 bits per heavy atom. The zero-order valence-corrected chi connectivity index (χ0v) is 24.1. The van der Waals surface area contributed by atoms with Crippen molar-refractivity contribution in [2.24, 2.45) is 10.9 Å². The number of unbranched alkanes of at least 4 members (excludes halogenated alkanes) is 1. The van der Waals surface area contributed by atoms with Crippen molar-refractivity contribution < 1.29 is 14.3 Å². The van der Waals surface area contributed by atoms with E-state index < -0.39 is 12.0 Å². The van der Waals surface area contributed by atoms with Gasteiger partial charge >= 0.3 is 5.97 Å². The van der Waals surface area contributed by atoms with Gasteiger partial charge in [-0.05, 0) is 60.7 Å². The standard InChI is InChI=1S/C29H30Cl2N2O4S/c1-5-6-13-36-21-10-8-20(9-11-21)26-25(28(35)37-16-17(2)3)18(4)32-29-33(26)27(34)24(38-29)15-19-7-12-22(30)23(31)14-19/h7-12,14-15,17,26H,5-6,13,16H2,1-4H3. The number of carbonyl (C=O) groups is 1. The molecule has 2 heterocycles. The van der Waals surface area contributed by atoms with E-state index in [9.17, 15) is 9.59 Å². The third-order valence-corrected chi connectivity index (χ3v) is 7.72. The van der Waals surface area contributed by atoms with E-state index >= 15 is 0 Å². The Bertz CT molecular complexity index is 1540. The van der Waals surface area contributed by atoms with Crippen molar-refractivity contribution in [1.82, 2.24) is 4.57 Å². The minimum absolute atomic E-state index is 0.172. The molecule has 38 heavy (non-hydrogen) atoms. The Kier molecular flexibility index (Phi) is 9.13. The second kappa shape index (κ2) is 12.3. The summed E-state index contributed by atoms with van der Waals surface area (Å²) < 4.78 is 13.5. The highest BCUT2D eigenvalue weighted by Gasteiger charge is 2.33. The molecule has 2 aromatic carbocycles. The Labute approximate surface area is 235 Å². The summed E-state index contributed by atoms with van der Waals surface area (Å²) in [4.78, 5) is 32.2. The van der Waals surface area contributed by atoms with E-state index in [1.165, 1.54) is 11.3 Å². The van der Waals surface area contributed by atoms with Crippen LogP contribution >= 0.6 is 34.5 Å². The Morgan fingerprint density at radius 1 is 1.16 bits per heavy atom. The molecule has 1 atom stereocenters. The van der Waals surface area contributed by atoms with Crippen LogP contribution in [0.15, 0.2) is 63.5 Å². The van der Waals surface area contributed by atoms with Gasteiger partial charge in [-0.25, -0.2) is 9.79 Å². The summed E-state index contributed by atoms with van der Waals surface area (Å²) in [6, 6.07) is 12.0. The average Bonchev–Trinajstić information content (AvgIpc) is 3.18. The second-order valence-electron chi connectivity index (χ2n) is 9.52. The van der Waals surface area contributed by atoms with Crippen LogP contribution in [0.2, 0.25) is 10.0 Å². The maximum Gasteiger partial charge on any atom is 0.338 e. The smallest absolute Gasteiger partial charge is 0.338 e. The summed E-state index contributed by atoms with van der Waals surface area (Å²) >= 11 is 13.5. The molecule has 0 spiro atoms. The third kappa shape index (κ3) is 6.22. The molecule has 0 radical (unpaired) electrons. The van der Waals surface area contributed by atoms with E-state index in [1.807, 2.05) is 38.1 Å². The quantitative estimate of drug-likeness (QED) is 0.236. The van der Waals surface area contributed by atoms with Crippen molar-refractivity contribution in [2.75, 3.05) is 13.2 Å². The van der Waals surface area contributed by atoms with Crippen molar-refractivity contribution in [3.05, 3.63) is 94.6 Å². The van der Waals surface area contributed by atoms with Gasteiger partial charge in [-0.1, -0.05) is 79.9 Å². The molecule has 9 heteroatoms. The fraction of sp³-hybridized carbons (Fsp3) is 0.345. The van der Waals surface area contributed by atoms with Gasteiger partial charge in [0.25, 0.3) is 5.56 Å². The Hall–Kier alpha value is -2.87. The lowest BCUT2D eigenvalue weighted by molar-refractivity contribution is -0.140. The normalized spacial score (nSPS) is 15.4. The molecule has 1 aliphatic rings. The molecule has 0 N–H and O–H groups in total. The van der Waals surface area contributed by atoms with E-state index in [0.29, 0.717) is 37.3 Å². The number of carbonyl (C=O) groups excluding carboxylic acids is 1. The first-order chi connectivity index (χ1) is 18.2. The average molecular weight is 574 g/mol. The van der Waals surface area contributed by atoms with Crippen LogP contribution in [0.3, 0.4) is 0 Å². The summed E-state index contributed by atoms with van der Waals surface area (Å²) in [6.45, 7) is 8.73. The fourth-order valence-corrected chi connectivity index (χ4v) is 5.41. The van der Waals surface area contributed by atoms with Gasteiger partial charge in [0.1, 0.15) is 5.75 Å². The van der Waals surface area contributed by atoms with Gasteiger partial charge in [-0.3, -0.25) is 9.36 Å². The second-order valence-corrected chi connectivity index (χ2v) is 11.3. The number of esters is 1. The van der Waals surface area contributed by atoms with E-state index in [-0.39, 0.29) is 18.1 Å². The third-order valence-electron chi connectivity index (χ3n) is 5.99. The predicted octanol–water partition coefficient (Wildman–Crippen LogP) is 5.92. The van der Waals surface area contributed by atoms with E-state index in [0.717, 1.165) is 29.7 Å². The lowest BCUT2D eigenvalue weighted by Gasteiger charge is -2.25. The number of halogens is 2. The lowest BCUT2D eigenvalue weighted by Crippen LogP contribution is -2.40. The number of thiazole rings is 1. The number of hydrogen-bond donors (Lipinski definition) is 0. The minimum atomic E-state index is -0.688.